The molecule has 0 unspecified atom stereocenters. The van der Waals surface area contributed by atoms with Crippen LogP contribution >= 0.6 is 11.8 Å². The highest BCUT2D eigenvalue weighted by atomic mass is 32.2. The Kier molecular flexibility index (Phi) is 11.2. The van der Waals surface area contributed by atoms with Crippen LogP contribution < -0.4 is 14.4 Å². The molecule has 0 spiro atoms. The zero-order valence-corrected chi connectivity index (χ0v) is 25.5. The lowest BCUT2D eigenvalue weighted by molar-refractivity contribution is -0.139. The summed E-state index contributed by atoms with van der Waals surface area (Å²) < 4.78 is 48.5. The monoisotopic (exact) mass is 601 g/mol. The Balaban J connectivity index is 2.08. The Bertz CT molecular complexity index is 1430. The minimum atomic E-state index is -4.25. The van der Waals surface area contributed by atoms with Gasteiger partial charge in [0.25, 0.3) is 10.0 Å². The first-order valence-electron chi connectivity index (χ1n) is 13.2. The van der Waals surface area contributed by atoms with Crippen molar-refractivity contribution in [2.45, 2.75) is 56.1 Å². The van der Waals surface area contributed by atoms with E-state index in [9.17, 15) is 22.4 Å². The van der Waals surface area contributed by atoms with Crippen molar-refractivity contribution in [3.63, 3.8) is 0 Å². The number of nitrogens with one attached hydrogen (secondary N) is 1. The van der Waals surface area contributed by atoms with E-state index in [0.29, 0.717) is 11.3 Å². The lowest BCUT2D eigenvalue weighted by Crippen LogP contribution is -2.52. The minimum absolute atomic E-state index is 0.00471. The molecule has 0 aliphatic rings. The number of hydrogen-bond acceptors (Lipinski definition) is 6. The number of carbonyl (C=O) groups is 2. The fourth-order valence-corrected chi connectivity index (χ4v) is 5.94. The number of sulfonamides is 1. The summed E-state index contributed by atoms with van der Waals surface area (Å²) in [4.78, 5) is 29.2. The molecule has 3 aromatic rings. The summed E-state index contributed by atoms with van der Waals surface area (Å²) in [5.41, 5.74) is 0.776. The van der Waals surface area contributed by atoms with Crippen molar-refractivity contribution in [1.29, 1.82) is 0 Å². The van der Waals surface area contributed by atoms with Gasteiger partial charge in [0.15, 0.2) is 0 Å². The second-order valence-corrected chi connectivity index (χ2v) is 12.3. The van der Waals surface area contributed by atoms with Gasteiger partial charge in [0.05, 0.1) is 17.2 Å². The number of ether oxygens (including phenoxy) is 1. The van der Waals surface area contributed by atoms with E-state index in [1.165, 1.54) is 53.1 Å². The number of nitrogens with zero attached hydrogens (tertiary/aromatic N) is 2. The van der Waals surface area contributed by atoms with Gasteiger partial charge in [-0.3, -0.25) is 13.9 Å². The molecule has 2 amide bonds. The lowest BCUT2D eigenvalue weighted by atomic mass is 10.1. The number of rotatable bonds is 13. The molecule has 0 saturated carbocycles. The largest absolute Gasteiger partial charge is 0.492 e. The third-order valence-electron chi connectivity index (χ3n) is 6.22. The quantitative estimate of drug-likeness (QED) is 0.275. The topological polar surface area (TPSA) is 96.0 Å². The molecule has 0 aromatic heterocycles. The molecule has 41 heavy (non-hydrogen) atoms. The van der Waals surface area contributed by atoms with Crippen LogP contribution in [0, 0.1) is 5.82 Å². The summed E-state index contributed by atoms with van der Waals surface area (Å²) in [6, 6.07) is 17.4. The third kappa shape index (κ3) is 8.23. The van der Waals surface area contributed by atoms with E-state index in [0.717, 1.165) is 9.20 Å². The van der Waals surface area contributed by atoms with Crippen LogP contribution in [0.1, 0.15) is 33.3 Å². The van der Waals surface area contributed by atoms with E-state index in [-0.39, 0.29) is 29.8 Å². The number of benzene rings is 3. The van der Waals surface area contributed by atoms with Crippen molar-refractivity contribution in [3.8, 4) is 5.75 Å². The second kappa shape index (κ2) is 14.4. The molecule has 0 heterocycles. The van der Waals surface area contributed by atoms with Crippen molar-refractivity contribution in [2.75, 3.05) is 23.7 Å². The summed E-state index contributed by atoms with van der Waals surface area (Å²) in [7, 11) is -4.25. The summed E-state index contributed by atoms with van der Waals surface area (Å²) in [6.45, 7) is 6.61. The molecule has 0 aliphatic heterocycles. The SMILES string of the molecule is CCOc1ccccc1N(CC(=O)N(Cc1ccc(F)cc1)[C@H](C)C(=O)NC(C)C)S(=O)(=O)c1ccc(SC)cc1. The highest BCUT2D eigenvalue weighted by Gasteiger charge is 2.34. The van der Waals surface area contributed by atoms with Gasteiger partial charge in [0.1, 0.15) is 24.2 Å². The van der Waals surface area contributed by atoms with Crippen LogP contribution in [0.15, 0.2) is 82.6 Å². The Hall–Kier alpha value is -3.57. The molecule has 220 valence electrons. The summed E-state index contributed by atoms with van der Waals surface area (Å²) in [5.74, 6) is -1.15. The molecular formula is C30H36FN3O5S2. The van der Waals surface area contributed by atoms with Gasteiger partial charge in [-0.15, -0.1) is 11.8 Å². The Morgan fingerprint density at radius 2 is 1.61 bits per heavy atom. The minimum Gasteiger partial charge on any atom is -0.492 e. The summed E-state index contributed by atoms with van der Waals surface area (Å²) >= 11 is 1.48. The van der Waals surface area contributed by atoms with Gasteiger partial charge in [-0.05, 0) is 88.0 Å². The normalized spacial score (nSPS) is 12.1. The first kappa shape index (κ1) is 32.0. The molecule has 0 bridgehead atoms. The molecule has 3 rings (SSSR count). The maximum absolute atomic E-state index is 14.1. The smallest absolute Gasteiger partial charge is 0.264 e. The zero-order chi connectivity index (χ0) is 30.2. The number of hydrogen-bond donors (Lipinski definition) is 1. The molecule has 0 radical (unpaired) electrons. The van der Waals surface area contributed by atoms with Gasteiger partial charge in [0, 0.05) is 17.5 Å². The highest BCUT2D eigenvalue weighted by Crippen LogP contribution is 2.33. The maximum Gasteiger partial charge on any atom is 0.264 e. The number of halogens is 1. The van der Waals surface area contributed by atoms with Gasteiger partial charge in [-0.1, -0.05) is 24.3 Å². The van der Waals surface area contributed by atoms with Crippen molar-refractivity contribution in [2.24, 2.45) is 0 Å². The number of para-hydroxylation sites is 2. The van der Waals surface area contributed by atoms with Crippen LogP contribution in [0.25, 0.3) is 0 Å². The Morgan fingerprint density at radius 3 is 2.20 bits per heavy atom. The van der Waals surface area contributed by atoms with Crippen molar-refractivity contribution < 1.29 is 27.1 Å². The molecule has 0 saturated heterocycles. The zero-order valence-electron chi connectivity index (χ0n) is 23.8. The standard InChI is InChI=1S/C30H36FN3O5S2/c1-6-39-28-10-8-7-9-27(28)34(41(37,38)26-17-15-25(40-5)16-18-26)20-29(35)33(22(4)30(36)32-21(2)3)19-23-11-13-24(31)14-12-23/h7-18,21-22H,6,19-20H2,1-5H3,(H,32,36)/t22-/m1/s1. The summed E-state index contributed by atoms with van der Waals surface area (Å²) in [5, 5.41) is 2.80. The maximum atomic E-state index is 14.1. The fourth-order valence-electron chi connectivity index (χ4n) is 4.10. The van der Waals surface area contributed by atoms with E-state index >= 15 is 0 Å². The van der Waals surface area contributed by atoms with Gasteiger partial charge in [-0.25, -0.2) is 12.8 Å². The number of carbonyl (C=O) groups excluding carboxylic acids is 2. The molecule has 8 nitrogen and oxygen atoms in total. The van der Waals surface area contributed by atoms with Crippen LogP contribution in [0.2, 0.25) is 0 Å². The first-order chi connectivity index (χ1) is 19.5. The van der Waals surface area contributed by atoms with Crippen LogP contribution in [0.3, 0.4) is 0 Å². The van der Waals surface area contributed by atoms with Crippen LogP contribution in [-0.2, 0) is 26.2 Å². The van der Waals surface area contributed by atoms with Gasteiger partial charge in [0.2, 0.25) is 11.8 Å². The predicted octanol–water partition coefficient (Wildman–Crippen LogP) is 5.08. The van der Waals surface area contributed by atoms with E-state index in [1.54, 1.807) is 64.1 Å². The van der Waals surface area contributed by atoms with Crippen molar-refractivity contribution in [3.05, 3.63) is 84.2 Å². The average molecular weight is 602 g/mol. The van der Waals surface area contributed by atoms with E-state index in [1.807, 2.05) is 6.26 Å². The van der Waals surface area contributed by atoms with Crippen LogP contribution in [0.4, 0.5) is 10.1 Å². The average Bonchev–Trinajstić information content (AvgIpc) is 2.95. The lowest BCUT2D eigenvalue weighted by Gasteiger charge is -2.32. The Labute approximate surface area is 245 Å². The van der Waals surface area contributed by atoms with Crippen molar-refractivity contribution in [1.82, 2.24) is 10.2 Å². The molecule has 3 aromatic carbocycles. The van der Waals surface area contributed by atoms with Crippen LogP contribution in [0.5, 0.6) is 5.75 Å². The predicted molar refractivity (Wildman–Crippen MR) is 160 cm³/mol. The Morgan fingerprint density at radius 1 is 0.976 bits per heavy atom. The van der Waals surface area contributed by atoms with E-state index < -0.39 is 40.2 Å². The van der Waals surface area contributed by atoms with E-state index in [4.69, 9.17) is 4.74 Å². The van der Waals surface area contributed by atoms with Gasteiger partial charge in [-0.2, -0.15) is 0 Å². The molecule has 1 N–H and O–H groups in total. The summed E-state index contributed by atoms with van der Waals surface area (Å²) in [6.07, 6.45) is 1.89. The van der Waals surface area contributed by atoms with Gasteiger partial charge < -0.3 is 15.0 Å². The molecule has 0 aliphatic carbocycles. The van der Waals surface area contributed by atoms with Gasteiger partial charge >= 0.3 is 0 Å². The number of thioether (sulfide) groups is 1. The molecule has 11 heteroatoms. The molecule has 0 fully saturated rings. The number of amides is 2. The molecular weight excluding hydrogens is 565 g/mol. The second-order valence-electron chi connectivity index (χ2n) is 9.58. The highest BCUT2D eigenvalue weighted by molar-refractivity contribution is 7.98. The first-order valence-corrected chi connectivity index (χ1v) is 15.9. The number of anilines is 1. The fraction of sp³-hybridized carbons (Fsp3) is 0.333. The van der Waals surface area contributed by atoms with E-state index in [2.05, 4.69) is 5.32 Å². The van der Waals surface area contributed by atoms with Crippen LogP contribution in [-0.4, -0.2) is 56.6 Å². The third-order valence-corrected chi connectivity index (χ3v) is 8.74. The van der Waals surface area contributed by atoms with Crippen molar-refractivity contribution >= 4 is 39.3 Å². The molecule has 1 atom stereocenters.